The lowest BCUT2D eigenvalue weighted by Gasteiger charge is -2.37. The minimum atomic E-state index is 0. The van der Waals surface area contributed by atoms with Crippen molar-refractivity contribution in [1.29, 1.82) is 0 Å². The summed E-state index contributed by atoms with van der Waals surface area (Å²) in [7, 11) is 5.04. The van der Waals surface area contributed by atoms with E-state index in [1.54, 1.807) is 44.9 Å². The van der Waals surface area contributed by atoms with E-state index in [0.29, 0.717) is 5.56 Å². The number of amides is 2. The average Bonchev–Trinajstić information content (AvgIpc) is 3.22. The first-order valence-electron chi connectivity index (χ1n) is 18.5. The van der Waals surface area contributed by atoms with Crippen LogP contribution in [0.15, 0.2) is 82.6 Å². The van der Waals surface area contributed by atoms with Crippen LogP contribution < -0.4 is 14.2 Å². The van der Waals surface area contributed by atoms with E-state index in [2.05, 4.69) is 35.1 Å². The third-order valence-electron chi connectivity index (χ3n) is 10.5. The Morgan fingerprint density at radius 2 is 0.893 bits per heavy atom. The van der Waals surface area contributed by atoms with Crippen LogP contribution in [-0.2, 0) is 0 Å². The Bertz CT molecular complexity index is 1890. The molecule has 4 aromatic rings. The Morgan fingerprint density at radius 1 is 0.536 bits per heavy atom. The van der Waals surface area contributed by atoms with Crippen LogP contribution in [0.1, 0.15) is 32.7 Å². The van der Waals surface area contributed by atoms with Gasteiger partial charge in [0, 0.05) is 63.5 Å². The molecule has 56 heavy (non-hydrogen) atoms. The van der Waals surface area contributed by atoms with Gasteiger partial charge in [0.05, 0.1) is 31.1 Å². The molecule has 0 spiro atoms. The van der Waals surface area contributed by atoms with Crippen molar-refractivity contribution in [2.24, 2.45) is 0 Å². The van der Waals surface area contributed by atoms with Gasteiger partial charge in [0.15, 0.2) is 0 Å². The second kappa shape index (κ2) is 21.3. The highest BCUT2D eigenvalue weighted by Crippen LogP contribution is 2.41. The first-order chi connectivity index (χ1) is 26.3. The SMILES string of the molecule is COc1cc(-c2ccc(C(=O)N3CCN(CCCN4CCN(C(=O)c5ccc(-c6cc(OC)c(SC)c(OC)c6)cc5)CC4)CC3)cc2)cc(C)c1SC.Cl.Cl. The number of halogens is 2. The number of rotatable bonds is 13. The topological polar surface area (TPSA) is 74.8 Å². The molecule has 0 unspecified atom stereocenters. The van der Waals surface area contributed by atoms with Gasteiger partial charge in [0.25, 0.3) is 11.8 Å². The Kier molecular flexibility index (Phi) is 17.1. The zero-order valence-electron chi connectivity index (χ0n) is 33.2. The van der Waals surface area contributed by atoms with Crippen molar-refractivity contribution in [3.63, 3.8) is 0 Å². The van der Waals surface area contributed by atoms with Gasteiger partial charge in [-0.15, -0.1) is 48.3 Å². The number of thioether (sulfide) groups is 2. The van der Waals surface area contributed by atoms with Gasteiger partial charge < -0.3 is 24.0 Å². The molecule has 2 aliphatic rings. The van der Waals surface area contributed by atoms with Crippen LogP contribution in [0.4, 0.5) is 0 Å². The Hall–Kier alpha value is -3.58. The summed E-state index contributed by atoms with van der Waals surface area (Å²) in [6.07, 6.45) is 5.13. The number of methoxy groups -OCH3 is 3. The van der Waals surface area contributed by atoms with E-state index in [1.807, 2.05) is 76.7 Å². The molecule has 9 nitrogen and oxygen atoms in total. The number of benzene rings is 4. The largest absolute Gasteiger partial charge is 0.496 e. The summed E-state index contributed by atoms with van der Waals surface area (Å²) in [6, 6.07) is 24.1. The van der Waals surface area contributed by atoms with Crippen molar-refractivity contribution in [3.05, 3.63) is 89.5 Å². The molecule has 0 saturated carbocycles. The van der Waals surface area contributed by atoms with Crippen LogP contribution in [0.2, 0.25) is 0 Å². The summed E-state index contributed by atoms with van der Waals surface area (Å²) in [5, 5.41) is 0. The molecule has 2 amide bonds. The number of hydrogen-bond donors (Lipinski definition) is 0. The highest BCUT2D eigenvalue weighted by atomic mass is 35.5. The summed E-state index contributed by atoms with van der Waals surface area (Å²) in [6.45, 7) is 10.6. The monoisotopic (exact) mass is 840 g/mol. The molecule has 302 valence electrons. The van der Waals surface area contributed by atoms with Crippen LogP contribution >= 0.6 is 48.3 Å². The maximum atomic E-state index is 13.4. The minimum absolute atomic E-state index is 0. The molecule has 13 heteroatoms. The maximum absolute atomic E-state index is 13.4. The summed E-state index contributed by atoms with van der Waals surface area (Å²) in [4.78, 5) is 37.7. The molecule has 4 aromatic carbocycles. The third-order valence-corrected chi connectivity index (χ3v) is 12.3. The van der Waals surface area contributed by atoms with Crippen LogP contribution in [0, 0.1) is 6.92 Å². The van der Waals surface area contributed by atoms with Gasteiger partial charge in [-0.05, 0) is 109 Å². The zero-order valence-corrected chi connectivity index (χ0v) is 36.4. The molecule has 2 saturated heterocycles. The molecule has 0 atom stereocenters. The third kappa shape index (κ3) is 10.5. The van der Waals surface area contributed by atoms with Crippen molar-refractivity contribution in [1.82, 2.24) is 19.6 Å². The number of nitrogens with zero attached hydrogens (tertiary/aromatic N) is 4. The molecule has 2 fully saturated rings. The van der Waals surface area contributed by atoms with Crippen LogP contribution in [-0.4, -0.2) is 131 Å². The van der Waals surface area contributed by atoms with Gasteiger partial charge in [-0.25, -0.2) is 0 Å². The number of carbonyl (C=O) groups is 2. The van der Waals surface area contributed by atoms with Gasteiger partial charge in [-0.2, -0.15) is 0 Å². The predicted octanol–water partition coefficient (Wildman–Crippen LogP) is 8.25. The summed E-state index contributed by atoms with van der Waals surface area (Å²) >= 11 is 3.28. The lowest BCUT2D eigenvalue weighted by Crippen LogP contribution is -2.50. The standard InChI is InChI=1S/C43H52N4O5S2.2ClH/c1-30-26-35(27-37(50-2)40(30)53-5)31-8-12-33(13-9-31)42(48)46-22-18-44(19-23-46)16-7-17-45-20-24-47(25-21-45)43(49)34-14-10-32(11-15-34)36-28-38(51-3)41(54-6)39(29-36)52-4;;/h8-15,26-29H,7,16-25H2,1-6H3;2*1H. The van der Waals surface area contributed by atoms with Gasteiger partial charge in [-0.1, -0.05) is 30.3 Å². The van der Waals surface area contributed by atoms with Crippen molar-refractivity contribution in [2.75, 3.05) is 99.3 Å². The van der Waals surface area contributed by atoms with Crippen molar-refractivity contribution < 1.29 is 23.8 Å². The van der Waals surface area contributed by atoms with Crippen LogP contribution in [0.3, 0.4) is 0 Å². The first kappa shape index (κ1) is 45.1. The average molecular weight is 842 g/mol. The predicted molar refractivity (Wildman–Crippen MR) is 236 cm³/mol. The van der Waals surface area contributed by atoms with Crippen LogP contribution in [0.25, 0.3) is 22.3 Å². The van der Waals surface area contributed by atoms with E-state index < -0.39 is 0 Å². The first-order valence-corrected chi connectivity index (χ1v) is 21.0. The molecule has 2 aliphatic heterocycles. The van der Waals surface area contributed by atoms with Crippen LogP contribution in [0.5, 0.6) is 17.2 Å². The van der Waals surface area contributed by atoms with Gasteiger partial charge >= 0.3 is 0 Å². The molecule has 2 heterocycles. The highest BCUT2D eigenvalue weighted by Gasteiger charge is 2.25. The van der Waals surface area contributed by atoms with E-state index in [1.165, 1.54) is 5.56 Å². The van der Waals surface area contributed by atoms with E-state index in [0.717, 1.165) is 127 Å². The van der Waals surface area contributed by atoms with E-state index in [9.17, 15) is 9.59 Å². The molecule has 6 rings (SSSR count). The number of carbonyl (C=O) groups excluding carboxylic acids is 2. The second-order valence-corrected chi connectivity index (χ2v) is 15.4. The fourth-order valence-electron chi connectivity index (χ4n) is 7.41. The number of aryl methyl sites for hydroxylation is 1. The number of piperazine rings is 2. The lowest BCUT2D eigenvalue weighted by molar-refractivity contribution is 0.0606. The summed E-state index contributed by atoms with van der Waals surface area (Å²) in [5.74, 6) is 2.59. The zero-order chi connectivity index (χ0) is 38.2. The lowest BCUT2D eigenvalue weighted by atomic mass is 10.0. The fourth-order valence-corrected chi connectivity index (χ4v) is 8.82. The van der Waals surface area contributed by atoms with E-state index in [4.69, 9.17) is 14.2 Å². The smallest absolute Gasteiger partial charge is 0.253 e. The molecular weight excluding hydrogens is 788 g/mol. The van der Waals surface area contributed by atoms with E-state index >= 15 is 0 Å². The maximum Gasteiger partial charge on any atom is 0.253 e. The van der Waals surface area contributed by atoms with Gasteiger partial charge in [-0.3, -0.25) is 19.4 Å². The summed E-state index contributed by atoms with van der Waals surface area (Å²) in [5.41, 5.74) is 6.76. The molecule has 0 bridgehead atoms. The molecule has 0 radical (unpaired) electrons. The van der Waals surface area contributed by atoms with Crippen molar-refractivity contribution >= 4 is 60.2 Å². The molecular formula is C43H54Cl2N4O5S2. The highest BCUT2D eigenvalue weighted by molar-refractivity contribution is 7.99. The van der Waals surface area contributed by atoms with Crippen molar-refractivity contribution in [3.8, 4) is 39.5 Å². The molecule has 0 aliphatic carbocycles. The van der Waals surface area contributed by atoms with Gasteiger partial charge in [0.2, 0.25) is 0 Å². The number of ether oxygens (including phenoxy) is 3. The Labute approximate surface area is 353 Å². The van der Waals surface area contributed by atoms with Crippen molar-refractivity contribution in [2.45, 2.75) is 23.1 Å². The normalized spacial score (nSPS) is 14.8. The molecule has 0 N–H and O–H groups in total. The minimum Gasteiger partial charge on any atom is -0.496 e. The molecule has 0 aromatic heterocycles. The number of hydrogen-bond acceptors (Lipinski definition) is 9. The van der Waals surface area contributed by atoms with E-state index in [-0.39, 0.29) is 36.6 Å². The van der Waals surface area contributed by atoms with Gasteiger partial charge in [0.1, 0.15) is 17.2 Å². The Morgan fingerprint density at radius 3 is 1.25 bits per heavy atom. The Balaban J connectivity index is 0.00000348. The summed E-state index contributed by atoms with van der Waals surface area (Å²) < 4.78 is 16.9. The quantitative estimate of drug-likeness (QED) is 0.124. The fraction of sp³-hybridized carbons (Fsp3) is 0.395. The second-order valence-electron chi connectivity index (χ2n) is 13.7.